The van der Waals surface area contributed by atoms with Crippen LogP contribution >= 0.6 is 0 Å². The SMILES string of the molecule is Cc1cccc(S(=O)(=O)N2CCN(Cc3nc4cc(C(=O)N5CCCC5)ccc4n3C)CC2)c1. The molecule has 0 unspecified atom stereocenters. The second-order valence-electron chi connectivity index (χ2n) is 9.29. The molecular formula is C25H31N5O3S. The third-order valence-corrected chi connectivity index (χ3v) is 8.83. The number of amides is 1. The second-order valence-corrected chi connectivity index (χ2v) is 11.2. The zero-order valence-corrected chi connectivity index (χ0v) is 20.6. The molecule has 0 atom stereocenters. The lowest BCUT2D eigenvalue weighted by Gasteiger charge is -2.33. The summed E-state index contributed by atoms with van der Waals surface area (Å²) in [6.07, 6.45) is 2.14. The topological polar surface area (TPSA) is 78.8 Å². The normalized spacial score (nSPS) is 18.1. The van der Waals surface area contributed by atoms with E-state index in [1.165, 1.54) is 0 Å². The van der Waals surface area contributed by atoms with Gasteiger partial charge in [-0.3, -0.25) is 9.69 Å². The molecule has 8 nitrogen and oxygen atoms in total. The van der Waals surface area contributed by atoms with Crippen LogP contribution in [0.1, 0.15) is 34.6 Å². The fourth-order valence-corrected chi connectivity index (χ4v) is 6.41. The van der Waals surface area contributed by atoms with Crippen molar-refractivity contribution in [1.82, 2.24) is 23.7 Å². The molecular weight excluding hydrogens is 450 g/mol. The van der Waals surface area contributed by atoms with Crippen molar-refractivity contribution in [3.63, 3.8) is 0 Å². The molecule has 0 spiro atoms. The minimum Gasteiger partial charge on any atom is -0.339 e. The van der Waals surface area contributed by atoms with Crippen LogP contribution in [0.3, 0.4) is 0 Å². The van der Waals surface area contributed by atoms with E-state index in [0.717, 1.165) is 48.4 Å². The van der Waals surface area contributed by atoms with E-state index in [0.29, 0.717) is 43.2 Å². The Hall–Kier alpha value is -2.75. The van der Waals surface area contributed by atoms with E-state index in [4.69, 9.17) is 4.98 Å². The summed E-state index contributed by atoms with van der Waals surface area (Å²) in [6.45, 7) is 6.40. The number of carbonyl (C=O) groups is 1. The number of sulfonamides is 1. The molecule has 5 rings (SSSR count). The van der Waals surface area contributed by atoms with E-state index in [-0.39, 0.29) is 5.91 Å². The quantitative estimate of drug-likeness (QED) is 0.560. The van der Waals surface area contributed by atoms with Gasteiger partial charge in [0.15, 0.2) is 0 Å². The van der Waals surface area contributed by atoms with Gasteiger partial charge in [0.2, 0.25) is 10.0 Å². The van der Waals surface area contributed by atoms with Gasteiger partial charge >= 0.3 is 0 Å². The maximum absolute atomic E-state index is 13.0. The summed E-state index contributed by atoms with van der Waals surface area (Å²) < 4.78 is 29.7. The fourth-order valence-electron chi connectivity index (χ4n) is 4.88. The summed E-state index contributed by atoms with van der Waals surface area (Å²) in [4.78, 5) is 22.1. The molecule has 0 bridgehead atoms. The molecule has 0 radical (unpaired) electrons. The fraction of sp³-hybridized carbons (Fsp3) is 0.440. The number of likely N-dealkylation sites (tertiary alicyclic amines) is 1. The lowest BCUT2D eigenvalue weighted by molar-refractivity contribution is 0.0793. The predicted octanol–water partition coefficient (Wildman–Crippen LogP) is 2.62. The average molecular weight is 482 g/mol. The van der Waals surface area contributed by atoms with Crippen molar-refractivity contribution in [2.75, 3.05) is 39.3 Å². The summed E-state index contributed by atoms with van der Waals surface area (Å²) in [7, 11) is -1.49. The predicted molar refractivity (Wildman–Crippen MR) is 131 cm³/mol. The number of piperazine rings is 1. The third-order valence-electron chi connectivity index (χ3n) is 6.94. The minimum absolute atomic E-state index is 0.0811. The molecule has 180 valence electrons. The molecule has 2 saturated heterocycles. The smallest absolute Gasteiger partial charge is 0.253 e. The van der Waals surface area contributed by atoms with Crippen molar-refractivity contribution in [2.45, 2.75) is 31.2 Å². The Morgan fingerprint density at radius 1 is 0.971 bits per heavy atom. The van der Waals surface area contributed by atoms with Gasteiger partial charge in [0.25, 0.3) is 5.91 Å². The van der Waals surface area contributed by atoms with E-state index in [1.54, 1.807) is 22.5 Å². The molecule has 3 aromatic rings. The van der Waals surface area contributed by atoms with Crippen LogP contribution in [0.4, 0.5) is 0 Å². The minimum atomic E-state index is -3.48. The molecule has 0 N–H and O–H groups in total. The number of fused-ring (bicyclic) bond motifs is 1. The molecule has 2 aromatic carbocycles. The number of carbonyl (C=O) groups excluding carboxylic acids is 1. The largest absolute Gasteiger partial charge is 0.339 e. The summed E-state index contributed by atoms with van der Waals surface area (Å²) in [5.41, 5.74) is 3.44. The van der Waals surface area contributed by atoms with Crippen LogP contribution in [0.2, 0.25) is 0 Å². The monoisotopic (exact) mass is 481 g/mol. The van der Waals surface area contributed by atoms with E-state index >= 15 is 0 Å². The van der Waals surface area contributed by atoms with Gasteiger partial charge in [-0.25, -0.2) is 13.4 Å². The molecule has 1 amide bonds. The van der Waals surface area contributed by atoms with Gasteiger partial charge in [-0.15, -0.1) is 0 Å². The van der Waals surface area contributed by atoms with Crippen LogP contribution in [0.5, 0.6) is 0 Å². The number of nitrogens with zero attached hydrogens (tertiary/aromatic N) is 5. The third kappa shape index (κ3) is 4.35. The zero-order valence-electron chi connectivity index (χ0n) is 19.8. The first-order chi connectivity index (χ1) is 16.3. The van der Waals surface area contributed by atoms with Crippen molar-refractivity contribution in [2.24, 2.45) is 7.05 Å². The molecule has 3 heterocycles. The Kier molecular flexibility index (Phi) is 6.18. The summed E-state index contributed by atoms with van der Waals surface area (Å²) in [6, 6.07) is 12.8. The maximum Gasteiger partial charge on any atom is 0.253 e. The standard InChI is InChI=1S/C25H31N5O3S/c1-19-6-5-7-21(16-19)34(32,33)30-14-12-28(13-15-30)18-24-26-22-17-20(8-9-23(22)27(24)2)25(31)29-10-3-4-11-29/h5-9,16-17H,3-4,10-15,18H2,1-2H3. The first-order valence-electron chi connectivity index (χ1n) is 11.9. The summed E-state index contributed by atoms with van der Waals surface area (Å²) in [5.74, 6) is 0.994. The highest BCUT2D eigenvalue weighted by Gasteiger charge is 2.29. The number of aryl methyl sites for hydroxylation is 2. The molecule has 2 aliphatic rings. The van der Waals surface area contributed by atoms with E-state index < -0.39 is 10.0 Å². The van der Waals surface area contributed by atoms with E-state index in [1.807, 2.05) is 43.1 Å². The summed E-state index contributed by atoms with van der Waals surface area (Å²) in [5, 5.41) is 0. The van der Waals surface area contributed by atoms with Gasteiger partial charge in [-0.2, -0.15) is 4.31 Å². The Labute approximate surface area is 200 Å². The first-order valence-corrected chi connectivity index (χ1v) is 13.3. The van der Waals surface area contributed by atoms with Gasteiger partial charge in [0.1, 0.15) is 5.82 Å². The Bertz CT molecular complexity index is 1320. The van der Waals surface area contributed by atoms with Gasteiger partial charge in [-0.1, -0.05) is 12.1 Å². The highest BCUT2D eigenvalue weighted by atomic mass is 32.2. The van der Waals surface area contributed by atoms with E-state index in [2.05, 4.69) is 9.47 Å². The Morgan fingerprint density at radius 3 is 2.41 bits per heavy atom. The van der Waals surface area contributed by atoms with Crippen molar-refractivity contribution in [1.29, 1.82) is 0 Å². The number of imidazole rings is 1. The molecule has 2 aliphatic heterocycles. The highest BCUT2D eigenvalue weighted by Crippen LogP contribution is 2.22. The van der Waals surface area contributed by atoms with Gasteiger partial charge in [-0.05, 0) is 55.7 Å². The number of hydrogen-bond acceptors (Lipinski definition) is 5. The lowest BCUT2D eigenvalue weighted by Crippen LogP contribution is -2.48. The zero-order chi connectivity index (χ0) is 23.9. The van der Waals surface area contributed by atoms with Crippen molar-refractivity contribution in [3.8, 4) is 0 Å². The van der Waals surface area contributed by atoms with Crippen LogP contribution in [-0.4, -0.2) is 77.2 Å². The van der Waals surface area contributed by atoms with E-state index in [9.17, 15) is 13.2 Å². The number of hydrogen-bond donors (Lipinski definition) is 0. The first kappa shape index (κ1) is 23.0. The second kappa shape index (κ2) is 9.13. The van der Waals surface area contributed by atoms with Crippen molar-refractivity contribution < 1.29 is 13.2 Å². The molecule has 0 aliphatic carbocycles. The van der Waals surface area contributed by atoms with Crippen LogP contribution in [0.15, 0.2) is 47.4 Å². The Morgan fingerprint density at radius 2 is 1.71 bits per heavy atom. The molecule has 0 saturated carbocycles. The molecule has 9 heteroatoms. The highest BCUT2D eigenvalue weighted by molar-refractivity contribution is 7.89. The van der Waals surface area contributed by atoms with Crippen molar-refractivity contribution >= 4 is 27.0 Å². The molecule has 1 aromatic heterocycles. The Balaban J connectivity index is 1.27. The molecule has 34 heavy (non-hydrogen) atoms. The maximum atomic E-state index is 13.0. The lowest BCUT2D eigenvalue weighted by atomic mass is 10.2. The van der Waals surface area contributed by atoms with Gasteiger partial charge in [0, 0.05) is 51.9 Å². The molecule has 2 fully saturated rings. The number of aromatic nitrogens is 2. The number of benzene rings is 2. The van der Waals surface area contributed by atoms with Crippen molar-refractivity contribution in [3.05, 3.63) is 59.4 Å². The van der Waals surface area contributed by atoms with Crippen LogP contribution in [0.25, 0.3) is 11.0 Å². The van der Waals surface area contributed by atoms with Crippen LogP contribution in [-0.2, 0) is 23.6 Å². The van der Waals surface area contributed by atoms with Crippen LogP contribution < -0.4 is 0 Å². The number of rotatable bonds is 5. The van der Waals surface area contributed by atoms with Gasteiger partial charge < -0.3 is 9.47 Å². The average Bonchev–Trinajstić information content (AvgIpc) is 3.48. The summed E-state index contributed by atoms with van der Waals surface area (Å²) >= 11 is 0. The van der Waals surface area contributed by atoms with Crippen LogP contribution in [0, 0.1) is 6.92 Å². The van der Waals surface area contributed by atoms with Gasteiger partial charge in [0.05, 0.1) is 22.5 Å².